The molecule has 0 amide bonds. The molecule has 6 heteroatoms. The maximum atomic E-state index is 12.9. The van der Waals surface area contributed by atoms with Gasteiger partial charge in [0.25, 0.3) is 0 Å². The first kappa shape index (κ1) is 76.4. The lowest BCUT2D eigenvalue weighted by molar-refractivity contribution is -0.167. The van der Waals surface area contributed by atoms with E-state index in [1.165, 1.54) is 238 Å². The fourth-order valence-corrected chi connectivity index (χ4v) is 10.6. The highest BCUT2D eigenvalue weighted by Crippen LogP contribution is 2.19. The molecule has 462 valence electrons. The van der Waals surface area contributed by atoms with Crippen LogP contribution in [0.25, 0.3) is 0 Å². The van der Waals surface area contributed by atoms with Crippen LogP contribution in [0.15, 0.2) is 48.6 Å². The van der Waals surface area contributed by atoms with Crippen LogP contribution in [-0.2, 0) is 28.6 Å². The van der Waals surface area contributed by atoms with Crippen molar-refractivity contribution in [1.82, 2.24) is 0 Å². The molecule has 0 bridgehead atoms. The van der Waals surface area contributed by atoms with Crippen LogP contribution in [-0.4, -0.2) is 37.2 Å². The van der Waals surface area contributed by atoms with E-state index < -0.39 is 6.10 Å². The summed E-state index contributed by atoms with van der Waals surface area (Å²) in [5.74, 6) is -0.884. The number of unbranched alkanes of at least 4 members (excludes halogenated alkanes) is 46. The third-order valence-corrected chi connectivity index (χ3v) is 15.8. The van der Waals surface area contributed by atoms with Crippen molar-refractivity contribution in [3.63, 3.8) is 0 Å². The third-order valence-electron chi connectivity index (χ3n) is 15.8. The molecule has 0 aromatic rings. The number of hydrogen-bond acceptors (Lipinski definition) is 6. The van der Waals surface area contributed by atoms with Gasteiger partial charge in [0, 0.05) is 19.3 Å². The van der Waals surface area contributed by atoms with Crippen molar-refractivity contribution < 1.29 is 28.6 Å². The van der Waals surface area contributed by atoms with E-state index in [1.807, 2.05) is 0 Å². The van der Waals surface area contributed by atoms with Crippen LogP contribution in [0.3, 0.4) is 0 Å². The Morgan fingerprint density at radius 1 is 0.266 bits per heavy atom. The van der Waals surface area contributed by atoms with E-state index in [0.29, 0.717) is 19.3 Å². The summed E-state index contributed by atoms with van der Waals surface area (Å²) in [5.41, 5.74) is 0. The molecule has 0 aromatic carbocycles. The predicted molar refractivity (Wildman–Crippen MR) is 344 cm³/mol. The molecule has 0 rings (SSSR count). The fourth-order valence-electron chi connectivity index (χ4n) is 10.6. The highest BCUT2D eigenvalue weighted by atomic mass is 16.6. The Hall–Kier alpha value is -2.63. The average Bonchev–Trinajstić information content (AvgIpc) is 3.45. The number of esters is 3. The van der Waals surface area contributed by atoms with Crippen LogP contribution >= 0.6 is 0 Å². The molecule has 0 radical (unpaired) electrons. The van der Waals surface area contributed by atoms with Gasteiger partial charge in [0.15, 0.2) is 6.10 Å². The molecule has 0 aliphatic heterocycles. The van der Waals surface area contributed by atoms with Crippen molar-refractivity contribution >= 4 is 17.9 Å². The summed E-state index contributed by atoms with van der Waals surface area (Å²) >= 11 is 0. The Morgan fingerprint density at radius 2 is 0.494 bits per heavy atom. The first-order valence-electron chi connectivity index (χ1n) is 35.1. The first-order valence-corrected chi connectivity index (χ1v) is 35.1. The van der Waals surface area contributed by atoms with E-state index in [-0.39, 0.29) is 31.1 Å². The Balaban J connectivity index is 4.12. The lowest BCUT2D eigenvalue weighted by Crippen LogP contribution is -2.30. The zero-order valence-corrected chi connectivity index (χ0v) is 53.2. The molecule has 0 heterocycles. The van der Waals surface area contributed by atoms with E-state index in [2.05, 4.69) is 69.4 Å². The van der Waals surface area contributed by atoms with Crippen molar-refractivity contribution in [1.29, 1.82) is 0 Å². The summed E-state index contributed by atoms with van der Waals surface area (Å²) in [7, 11) is 0. The highest BCUT2D eigenvalue weighted by molar-refractivity contribution is 5.71. The van der Waals surface area contributed by atoms with Gasteiger partial charge in [-0.15, -0.1) is 0 Å². The van der Waals surface area contributed by atoms with Crippen LogP contribution < -0.4 is 0 Å². The second-order valence-electron chi connectivity index (χ2n) is 23.8. The quantitative estimate of drug-likeness (QED) is 0.0261. The summed E-state index contributed by atoms with van der Waals surface area (Å²) in [5, 5.41) is 0. The summed E-state index contributed by atoms with van der Waals surface area (Å²) in [4.78, 5) is 38.3. The molecule has 6 nitrogen and oxygen atoms in total. The molecule has 0 saturated heterocycles. The van der Waals surface area contributed by atoms with E-state index in [0.717, 1.165) is 103 Å². The minimum absolute atomic E-state index is 0.0794. The Labute approximate surface area is 492 Å². The van der Waals surface area contributed by atoms with E-state index in [4.69, 9.17) is 14.2 Å². The largest absolute Gasteiger partial charge is 0.462 e. The molecule has 79 heavy (non-hydrogen) atoms. The zero-order chi connectivity index (χ0) is 57.1. The van der Waals surface area contributed by atoms with Crippen molar-refractivity contribution in [3.8, 4) is 0 Å². The van der Waals surface area contributed by atoms with Gasteiger partial charge < -0.3 is 14.2 Å². The topological polar surface area (TPSA) is 78.9 Å². The van der Waals surface area contributed by atoms with Gasteiger partial charge in [0.1, 0.15) is 13.2 Å². The molecule has 0 spiro atoms. The Morgan fingerprint density at radius 3 is 0.785 bits per heavy atom. The van der Waals surface area contributed by atoms with Crippen molar-refractivity contribution in [3.05, 3.63) is 48.6 Å². The zero-order valence-electron chi connectivity index (χ0n) is 53.2. The number of ether oxygens (including phenoxy) is 3. The van der Waals surface area contributed by atoms with Crippen molar-refractivity contribution in [2.45, 2.75) is 386 Å². The van der Waals surface area contributed by atoms with Gasteiger partial charge in [-0.25, -0.2) is 0 Å². The molecule has 0 aliphatic carbocycles. The van der Waals surface area contributed by atoms with Crippen LogP contribution in [0.1, 0.15) is 380 Å². The number of carbonyl (C=O) groups excluding carboxylic acids is 3. The average molecular weight is 1110 g/mol. The Kier molecular flexibility index (Phi) is 65.6. The van der Waals surface area contributed by atoms with E-state index in [1.54, 1.807) is 0 Å². The summed E-state index contributed by atoms with van der Waals surface area (Å²) in [6.45, 7) is 6.56. The van der Waals surface area contributed by atoms with Gasteiger partial charge in [0.05, 0.1) is 0 Å². The lowest BCUT2D eigenvalue weighted by Gasteiger charge is -2.18. The number of hydrogen-bond donors (Lipinski definition) is 0. The molecule has 0 N–H and O–H groups in total. The molecule has 1 unspecified atom stereocenters. The molecule has 0 aromatic heterocycles. The SMILES string of the molecule is CC/C=C\C/C=C\C/C=C\CCCCCCCC(=O)OC(COC(=O)CCCCCCC/C=C\CCCCCCC)COC(=O)CCCCCCCCCCCCCCCCCCCCCCCCCCCCCCCCCC. The smallest absolute Gasteiger partial charge is 0.306 e. The van der Waals surface area contributed by atoms with Gasteiger partial charge >= 0.3 is 17.9 Å². The van der Waals surface area contributed by atoms with Gasteiger partial charge in [-0.2, -0.15) is 0 Å². The maximum absolute atomic E-state index is 12.9. The maximum Gasteiger partial charge on any atom is 0.306 e. The number of rotatable bonds is 65. The monoisotopic (exact) mass is 1110 g/mol. The van der Waals surface area contributed by atoms with Crippen LogP contribution in [0.5, 0.6) is 0 Å². The van der Waals surface area contributed by atoms with Crippen LogP contribution in [0, 0.1) is 0 Å². The number of allylic oxidation sites excluding steroid dienone is 8. The molecule has 0 aliphatic rings. The highest BCUT2D eigenvalue weighted by Gasteiger charge is 2.19. The normalized spacial score (nSPS) is 12.3. The standard InChI is InChI=1S/C73H134O6/c1-4-7-10-13-16-19-22-25-28-29-30-31-32-33-34-35-36-37-38-39-40-41-42-43-44-46-48-51-54-57-60-63-66-72(75)78-69-70(68-77-71(74)65-62-59-56-53-50-47-27-24-21-18-15-12-9-6-3)79-73(76)67-64-61-58-55-52-49-45-26-23-20-17-14-11-8-5-2/h8,11,17,20,24,26-27,45,70H,4-7,9-10,12-16,18-19,21-23,25,28-44,46-69H2,1-3H3/b11-8-,20-17-,27-24-,45-26-. The molecule has 1 atom stereocenters. The van der Waals surface area contributed by atoms with Gasteiger partial charge in [-0.05, 0) is 77.0 Å². The van der Waals surface area contributed by atoms with Crippen molar-refractivity contribution in [2.75, 3.05) is 13.2 Å². The van der Waals surface area contributed by atoms with E-state index >= 15 is 0 Å². The van der Waals surface area contributed by atoms with Gasteiger partial charge in [-0.3, -0.25) is 14.4 Å². The summed E-state index contributed by atoms with van der Waals surface area (Å²) < 4.78 is 16.9. The second-order valence-corrected chi connectivity index (χ2v) is 23.8. The molecule has 0 fully saturated rings. The van der Waals surface area contributed by atoms with Crippen LogP contribution in [0.2, 0.25) is 0 Å². The van der Waals surface area contributed by atoms with Gasteiger partial charge in [0.2, 0.25) is 0 Å². The van der Waals surface area contributed by atoms with Gasteiger partial charge in [-0.1, -0.05) is 333 Å². The van der Waals surface area contributed by atoms with Crippen LogP contribution in [0.4, 0.5) is 0 Å². The Bertz CT molecular complexity index is 1360. The predicted octanol–water partition coefficient (Wildman–Crippen LogP) is 24.1. The fraction of sp³-hybridized carbons (Fsp3) is 0.849. The lowest BCUT2D eigenvalue weighted by atomic mass is 10.0. The second kappa shape index (κ2) is 67.9. The minimum Gasteiger partial charge on any atom is -0.462 e. The van der Waals surface area contributed by atoms with Crippen molar-refractivity contribution in [2.24, 2.45) is 0 Å². The molecular formula is C73H134O6. The summed E-state index contributed by atoms with van der Waals surface area (Å²) in [6, 6.07) is 0. The molecule has 0 saturated carbocycles. The first-order chi connectivity index (χ1) is 39.0. The number of carbonyl (C=O) groups is 3. The third kappa shape index (κ3) is 66.1. The molecular weight excluding hydrogens is 973 g/mol. The summed E-state index contributed by atoms with van der Waals surface area (Å²) in [6.07, 6.45) is 85.9. The minimum atomic E-state index is -0.785. The van der Waals surface area contributed by atoms with E-state index in [9.17, 15) is 14.4 Å².